The van der Waals surface area contributed by atoms with Crippen LogP contribution in [0.4, 0.5) is 0 Å². The molecule has 1 unspecified atom stereocenters. The van der Waals surface area contributed by atoms with Crippen molar-refractivity contribution < 1.29 is 4.79 Å². The van der Waals surface area contributed by atoms with Crippen molar-refractivity contribution in [3.05, 3.63) is 70.8 Å². The number of aliphatic imine (C=N–C) groups is 1. The fraction of sp³-hybridized carbons (Fsp3) is 0.391. The molecule has 148 valence electrons. The Hall–Kier alpha value is -2.82. The van der Waals surface area contributed by atoms with Crippen LogP contribution in [0.1, 0.15) is 45.8 Å². The standard InChI is InChI=1S/C23H30N4O/c1-24-22(28)19-10-5-7-17(15-19)13-14-26-23(25-2)27-16-20-11-6-9-18-8-3-4-12-21(18)20/h3-5,7-8,10,12,15,20H,6,9,11,13-14,16H2,1-2H3,(H,24,28)(H2,25,26,27). The third kappa shape index (κ3) is 5.12. The lowest BCUT2D eigenvalue weighted by molar-refractivity contribution is 0.0963. The van der Waals surface area contributed by atoms with Crippen LogP contribution in [0.2, 0.25) is 0 Å². The molecule has 3 rings (SSSR count). The predicted octanol–water partition coefficient (Wildman–Crippen LogP) is 2.87. The highest BCUT2D eigenvalue weighted by Crippen LogP contribution is 2.30. The van der Waals surface area contributed by atoms with Crippen LogP contribution in [-0.4, -0.2) is 39.1 Å². The molecule has 28 heavy (non-hydrogen) atoms. The third-order valence-corrected chi connectivity index (χ3v) is 5.36. The number of nitrogens with zero attached hydrogens (tertiary/aromatic N) is 1. The molecule has 1 amide bonds. The molecule has 0 saturated heterocycles. The predicted molar refractivity (Wildman–Crippen MR) is 115 cm³/mol. The maximum Gasteiger partial charge on any atom is 0.251 e. The lowest BCUT2D eigenvalue weighted by Crippen LogP contribution is -2.40. The van der Waals surface area contributed by atoms with Crippen molar-refractivity contribution in [1.82, 2.24) is 16.0 Å². The van der Waals surface area contributed by atoms with Crippen LogP contribution in [-0.2, 0) is 12.8 Å². The normalized spacial score (nSPS) is 16.2. The number of guanidine groups is 1. The van der Waals surface area contributed by atoms with Crippen LogP contribution in [0, 0.1) is 0 Å². The molecule has 0 saturated carbocycles. The summed E-state index contributed by atoms with van der Waals surface area (Å²) in [6, 6.07) is 16.5. The van der Waals surface area contributed by atoms with Gasteiger partial charge in [0.15, 0.2) is 5.96 Å². The topological polar surface area (TPSA) is 65.5 Å². The molecule has 0 heterocycles. The summed E-state index contributed by atoms with van der Waals surface area (Å²) in [6.07, 6.45) is 4.48. The molecule has 1 aliphatic rings. The number of hydrogen-bond acceptors (Lipinski definition) is 2. The van der Waals surface area contributed by atoms with Crippen molar-refractivity contribution in [2.75, 3.05) is 27.2 Å². The van der Waals surface area contributed by atoms with Gasteiger partial charge in [-0.3, -0.25) is 9.79 Å². The second-order valence-electron chi connectivity index (χ2n) is 7.20. The molecule has 5 heteroatoms. The Morgan fingerprint density at radius 3 is 2.82 bits per heavy atom. The highest BCUT2D eigenvalue weighted by Gasteiger charge is 2.19. The molecule has 0 aliphatic heterocycles. The van der Waals surface area contributed by atoms with Gasteiger partial charge in [0.25, 0.3) is 5.91 Å². The Labute approximate surface area is 167 Å². The summed E-state index contributed by atoms with van der Waals surface area (Å²) in [6.45, 7) is 1.65. The number of carbonyl (C=O) groups is 1. The molecule has 3 N–H and O–H groups in total. The number of aryl methyl sites for hydroxylation is 1. The molecular weight excluding hydrogens is 348 g/mol. The molecule has 1 atom stereocenters. The molecule has 0 aromatic heterocycles. The van der Waals surface area contributed by atoms with Crippen LogP contribution in [0.5, 0.6) is 0 Å². The summed E-state index contributed by atoms with van der Waals surface area (Å²) in [5.74, 6) is 1.30. The van der Waals surface area contributed by atoms with E-state index >= 15 is 0 Å². The van der Waals surface area contributed by atoms with Crippen LogP contribution in [0.3, 0.4) is 0 Å². The zero-order chi connectivity index (χ0) is 19.8. The van der Waals surface area contributed by atoms with E-state index in [0.29, 0.717) is 11.5 Å². The number of hydrogen-bond donors (Lipinski definition) is 3. The van der Waals surface area contributed by atoms with Crippen LogP contribution < -0.4 is 16.0 Å². The molecule has 0 bridgehead atoms. The lowest BCUT2D eigenvalue weighted by Gasteiger charge is -2.26. The monoisotopic (exact) mass is 378 g/mol. The number of fused-ring (bicyclic) bond motifs is 1. The number of benzene rings is 2. The first kappa shape index (κ1) is 19.9. The highest BCUT2D eigenvalue weighted by molar-refractivity contribution is 5.94. The maximum atomic E-state index is 11.8. The summed E-state index contributed by atoms with van der Waals surface area (Å²) in [5, 5.41) is 9.53. The molecule has 0 fully saturated rings. The van der Waals surface area contributed by atoms with Crippen molar-refractivity contribution >= 4 is 11.9 Å². The van der Waals surface area contributed by atoms with Gasteiger partial charge in [0.2, 0.25) is 0 Å². The fourth-order valence-corrected chi connectivity index (χ4v) is 3.84. The van der Waals surface area contributed by atoms with E-state index in [9.17, 15) is 4.79 Å². The van der Waals surface area contributed by atoms with Gasteiger partial charge < -0.3 is 16.0 Å². The van der Waals surface area contributed by atoms with Gasteiger partial charge >= 0.3 is 0 Å². The van der Waals surface area contributed by atoms with Gasteiger partial charge in [0, 0.05) is 38.7 Å². The van der Waals surface area contributed by atoms with E-state index in [4.69, 9.17) is 0 Å². The molecule has 0 radical (unpaired) electrons. The Morgan fingerprint density at radius 1 is 1.14 bits per heavy atom. The summed E-state index contributed by atoms with van der Waals surface area (Å²) >= 11 is 0. The zero-order valence-corrected chi connectivity index (χ0v) is 16.8. The quantitative estimate of drug-likeness (QED) is 0.535. The summed E-state index contributed by atoms with van der Waals surface area (Å²) in [7, 11) is 3.45. The number of rotatable bonds is 6. The summed E-state index contributed by atoms with van der Waals surface area (Å²) in [4.78, 5) is 16.1. The van der Waals surface area contributed by atoms with Gasteiger partial charge in [-0.2, -0.15) is 0 Å². The Balaban J connectivity index is 1.49. The van der Waals surface area contributed by atoms with Crippen LogP contribution in [0.25, 0.3) is 0 Å². The number of amides is 1. The molecule has 0 spiro atoms. The van der Waals surface area contributed by atoms with E-state index in [1.165, 1.54) is 30.4 Å². The largest absolute Gasteiger partial charge is 0.356 e. The number of nitrogens with one attached hydrogen (secondary N) is 3. The maximum absolute atomic E-state index is 11.8. The summed E-state index contributed by atoms with van der Waals surface area (Å²) < 4.78 is 0. The van der Waals surface area contributed by atoms with Crippen molar-refractivity contribution in [2.24, 2.45) is 4.99 Å². The van der Waals surface area contributed by atoms with Crippen molar-refractivity contribution in [2.45, 2.75) is 31.6 Å². The SMILES string of the molecule is CN=C(NCCc1cccc(C(=O)NC)c1)NCC1CCCc2ccccc21. The van der Waals surface area contributed by atoms with E-state index in [-0.39, 0.29) is 5.91 Å². The van der Waals surface area contributed by atoms with Gasteiger partial charge in [-0.1, -0.05) is 36.4 Å². The van der Waals surface area contributed by atoms with Gasteiger partial charge in [-0.25, -0.2) is 0 Å². The van der Waals surface area contributed by atoms with Gasteiger partial charge in [0.05, 0.1) is 0 Å². The third-order valence-electron chi connectivity index (χ3n) is 5.36. The minimum absolute atomic E-state index is 0.0555. The number of carbonyl (C=O) groups excluding carboxylic acids is 1. The minimum atomic E-state index is -0.0555. The van der Waals surface area contributed by atoms with E-state index in [0.717, 1.165) is 31.0 Å². The van der Waals surface area contributed by atoms with E-state index in [1.54, 1.807) is 14.1 Å². The minimum Gasteiger partial charge on any atom is -0.356 e. The molecule has 2 aromatic rings. The second-order valence-corrected chi connectivity index (χ2v) is 7.20. The Kier molecular flexibility index (Phi) is 7.06. The van der Waals surface area contributed by atoms with E-state index < -0.39 is 0 Å². The fourth-order valence-electron chi connectivity index (χ4n) is 3.84. The Bertz CT molecular complexity index is 831. The molecule has 5 nitrogen and oxygen atoms in total. The first-order valence-electron chi connectivity index (χ1n) is 10.0. The van der Waals surface area contributed by atoms with Crippen molar-refractivity contribution in [3.8, 4) is 0 Å². The van der Waals surface area contributed by atoms with Gasteiger partial charge in [-0.05, 0) is 54.5 Å². The van der Waals surface area contributed by atoms with E-state index in [1.807, 2.05) is 24.3 Å². The van der Waals surface area contributed by atoms with Crippen molar-refractivity contribution in [3.63, 3.8) is 0 Å². The Morgan fingerprint density at radius 2 is 2.00 bits per heavy atom. The smallest absolute Gasteiger partial charge is 0.251 e. The van der Waals surface area contributed by atoms with Crippen LogP contribution >= 0.6 is 0 Å². The van der Waals surface area contributed by atoms with Crippen LogP contribution in [0.15, 0.2) is 53.5 Å². The molecule has 2 aromatic carbocycles. The summed E-state index contributed by atoms with van der Waals surface area (Å²) in [5.41, 5.74) is 4.78. The first-order chi connectivity index (χ1) is 13.7. The average Bonchev–Trinajstić information content (AvgIpc) is 2.75. The first-order valence-corrected chi connectivity index (χ1v) is 10.0. The molecular formula is C23H30N4O. The van der Waals surface area contributed by atoms with E-state index in [2.05, 4.69) is 45.2 Å². The lowest BCUT2D eigenvalue weighted by atomic mass is 9.83. The second kappa shape index (κ2) is 9.93. The average molecular weight is 379 g/mol. The highest BCUT2D eigenvalue weighted by atomic mass is 16.1. The van der Waals surface area contributed by atoms with Crippen molar-refractivity contribution in [1.29, 1.82) is 0 Å². The van der Waals surface area contributed by atoms with Gasteiger partial charge in [0.1, 0.15) is 0 Å². The zero-order valence-electron chi connectivity index (χ0n) is 16.8. The van der Waals surface area contributed by atoms with Gasteiger partial charge in [-0.15, -0.1) is 0 Å². The molecule has 1 aliphatic carbocycles.